The second kappa shape index (κ2) is 8.78. The number of carbonyl (C=O) groups is 2. The van der Waals surface area contributed by atoms with Crippen LogP contribution in [-0.4, -0.2) is 36.7 Å². The Morgan fingerprint density at radius 1 is 1.25 bits per heavy atom. The molecule has 0 fully saturated rings. The SMILES string of the molecule is CCCOc1c(Cl)cc(C(=O)NCC(C)(C)C(=O)O)cc1OCC. The minimum atomic E-state index is -1.06. The van der Waals surface area contributed by atoms with Gasteiger partial charge in [-0.1, -0.05) is 18.5 Å². The summed E-state index contributed by atoms with van der Waals surface area (Å²) >= 11 is 6.21. The van der Waals surface area contributed by atoms with Gasteiger partial charge in [-0.15, -0.1) is 0 Å². The molecule has 2 N–H and O–H groups in total. The third kappa shape index (κ3) is 5.30. The molecule has 0 aliphatic carbocycles. The molecule has 134 valence electrons. The van der Waals surface area contributed by atoms with Gasteiger partial charge in [-0.05, 0) is 39.3 Å². The molecule has 0 atom stereocenters. The van der Waals surface area contributed by atoms with E-state index < -0.39 is 17.3 Å². The predicted octanol–water partition coefficient (Wildman–Crippen LogP) is 3.37. The third-order valence-electron chi connectivity index (χ3n) is 3.29. The molecule has 0 aliphatic rings. The third-order valence-corrected chi connectivity index (χ3v) is 3.57. The molecule has 0 spiro atoms. The van der Waals surface area contributed by atoms with Crippen molar-refractivity contribution in [1.82, 2.24) is 5.32 Å². The molecule has 1 amide bonds. The number of benzene rings is 1. The summed E-state index contributed by atoms with van der Waals surface area (Å²) < 4.78 is 11.1. The second-order valence-electron chi connectivity index (χ2n) is 5.94. The van der Waals surface area contributed by atoms with E-state index in [4.69, 9.17) is 26.2 Å². The van der Waals surface area contributed by atoms with Crippen LogP contribution in [0.15, 0.2) is 12.1 Å². The molecule has 6 nitrogen and oxygen atoms in total. The van der Waals surface area contributed by atoms with Crippen molar-refractivity contribution in [3.63, 3.8) is 0 Å². The Bertz CT molecular complexity index is 601. The number of nitrogens with one attached hydrogen (secondary N) is 1. The van der Waals surface area contributed by atoms with Crippen molar-refractivity contribution in [1.29, 1.82) is 0 Å². The average molecular weight is 358 g/mol. The van der Waals surface area contributed by atoms with E-state index in [2.05, 4.69) is 5.32 Å². The van der Waals surface area contributed by atoms with Crippen LogP contribution in [0.2, 0.25) is 5.02 Å². The fraction of sp³-hybridized carbons (Fsp3) is 0.529. The number of carboxylic acids is 1. The number of carboxylic acid groups (broad SMARTS) is 1. The van der Waals surface area contributed by atoms with Gasteiger partial charge in [0.1, 0.15) is 0 Å². The van der Waals surface area contributed by atoms with E-state index in [9.17, 15) is 9.59 Å². The monoisotopic (exact) mass is 357 g/mol. The Morgan fingerprint density at radius 2 is 1.92 bits per heavy atom. The molecular weight excluding hydrogens is 334 g/mol. The first-order valence-electron chi connectivity index (χ1n) is 7.83. The number of hydrogen-bond acceptors (Lipinski definition) is 4. The van der Waals surface area contributed by atoms with E-state index in [1.807, 2.05) is 13.8 Å². The van der Waals surface area contributed by atoms with Crippen LogP contribution >= 0.6 is 11.6 Å². The standard InChI is InChI=1S/C17H24ClNO5/c1-5-7-24-14-12(18)8-11(9-13(14)23-6-2)15(20)19-10-17(3,4)16(21)22/h8-9H,5-7,10H2,1-4H3,(H,19,20)(H,21,22). The Balaban J connectivity index is 2.99. The predicted molar refractivity (Wildman–Crippen MR) is 92.2 cm³/mol. The zero-order chi connectivity index (χ0) is 18.3. The summed E-state index contributed by atoms with van der Waals surface area (Å²) in [7, 11) is 0. The molecule has 7 heteroatoms. The number of hydrogen-bond donors (Lipinski definition) is 2. The first-order valence-corrected chi connectivity index (χ1v) is 8.21. The van der Waals surface area contributed by atoms with E-state index in [0.29, 0.717) is 24.7 Å². The van der Waals surface area contributed by atoms with Crippen molar-refractivity contribution in [3.8, 4) is 11.5 Å². The Hall–Kier alpha value is -1.95. The highest BCUT2D eigenvalue weighted by molar-refractivity contribution is 6.32. The Kier molecular flexibility index (Phi) is 7.35. The molecule has 1 rings (SSSR count). The van der Waals surface area contributed by atoms with Gasteiger partial charge in [-0.25, -0.2) is 0 Å². The summed E-state index contributed by atoms with van der Waals surface area (Å²) in [4.78, 5) is 23.4. The minimum absolute atomic E-state index is 0.00313. The fourth-order valence-electron chi connectivity index (χ4n) is 1.79. The van der Waals surface area contributed by atoms with Crippen molar-refractivity contribution in [3.05, 3.63) is 22.7 Å². The number of ether oxygens (including phenoxy) is 2. The molecule has 0 aliphatic heterocycles. The van der Waals surface area contributed by atoms with Crippen molar-refractivity contribution < 1.29 is 24.2 Å². The van der Waals surface area contributed by atoms with Crippen molar-refractivity contribution in [2.75, 3.05) is 19.8 Å². The zero-order valence-corrected chi connectivity index (χ0v) is 15.2. The molecular formula is C17H24ClNO5. The summed E-state index contributed by atoms with van der Waals surface area (Å²) in [5.74, 6) is -0.614. The van der Waals surface area contributed by atoms with Gasteiger partial charge in [0.05, 0.1) is 23.7 Å². The summed E-state index contributed by atoms with van der Waals surface area (Å²) in [5.41, 5.74) is -0.777. The number of aliphatic carboxylic acids is 1. The van der Waals surface area contributed by atoms with Crippen LogP contribution in [0.1, 0.15) is 44.5 Å². The van der Waals surface area contributed by atoms with E-state index >= 15 is 0 Å². The van der Waals surface area contributed by atoms with Crippen molar-refractivity contribution >= 4 is 23.5 Å². The molecule has 0 saturated carbocycles. The van der Waals surface area contributed by atoms with Gasteiger partial charge in [0.15, 0.2) is 11.5 Å². The van der Waals surface area contributed by atoms with Crippen molar-refractivity contribution in [2.45, 2.75) is 34.1 Å². The molecule has 0 aromatic heterocycles. The van der Waals surface area contributed by atoms with Crippen LogP contribution in [0.4, 0.5) is 0 Å². The fourth-order valence-corrected chi connectivity index (χ4v) is 2.05. The molecule has 0 heterocycles. The number of carbonyl (C=O) groups excluding carboxylic acids is 1. The summed E-state index contributed by atoms with van der Waals surface area (Å²) in [6.07, 6.45) is 0.814. The quantitative estimate of drug-likeness (QED) is 0.707. The highest BCUT2D eigenvalue weighted by Crippen LogP contribution is 2.36. The highest BCUT2D eigenvalue weighted by atomic mass is 35.5. The Labute approximate surface area is 147 Å². The topological polar surface area (TPSA) is 84.9 Å². The second-order valence-corrected chi connectivity index (χ2v) is 6.35. The normalized spacial score (nSPS) is 11.0. The maximum Gasteiger partial charge on any atom is 0.310 e. The largest absolute Gasteiger partial charge is 0.490 e. The first kappa shape index (κ1) is 20.1. The first-order chi connectivity index (χ1) is 11.2. The van der Waals surface area contributed by atoms with Crippen LogP contribution in [0.3, 0.4) is 0 Å². The van der Waals surface area contributed by atoms with E-state index in [0.717, 1.165) is 6.42 Å². The molecule has 0 radical (unpaired) electrons. The lowest BCUT2D eigenvalue weighted by atomic mass is 9.94. The molecule has 24 heavy (non-hydrogen) atoms. The lowest BCUT2D eigenvalue weighted by molar-refractivity contribution is -0.146. The molecule has 1 aromatic carbocycles. The van der Waals surface area contributed by atoms with Gasteiger partial charge in [-0.3, -0.25) is 9.59 Å². The van der Waals surface area contributed by atoms with Gasteiger partial charge in [0.25, 0.3) is 5.91 Å². The summed E-state index contributed by atoms with van der Waals surface area (Å²) in [5, 5.41) is 12.0. The van der Waals surface area contributed by atoms with Gasteiger partial charge in [0, 0.05) is 12.1 Å². The maximum atomic E-state index is 12.3. The van der Waals surface area contributed by atoms with E-state index in [1.165, 1.54) is 19.9 Å². The molecule has 0 bridgehead atoms. The maximum absolute atomic E-state index is 12.3. The summed E-state index contributed by atoms with van der Waals surface area (Å²) in [6.45, 7) is 7.75. The van der Waals surface area contributed by atoms with Crippen LogP contribution in [0, 0.1) is 5.41 Å². The van der Waals surface area contributed by atoms with Crippen LogP contribution in [0.5, 0.6) is 11.5 Å². The lowest BCUT2D eigenvalue weighted by Crippen LogP contribution is -2.38. The lowest BCUT2D eigenvalue weighted by Gasteiger charge is -2.20. The van der Waals surface area contributed by atoms with Gasteiger partial charge >= 0.3 is 5.97 Å². The van der Waals surface area contributed by atoms with Gasteiger partial charge in [0.2, 0.25) is 0 Å². The minimum Gasteiger partial charge on any atom is -0.490 e. The zero-order valence-electron chi connectivity index (χ0n) is 14.4. The van der Waals surface area contributed by atoms with E-state index in [1.54, 1.807) is 6.07 Å². The van der Waals surface area contributed by atoms with Gasteiger partial charge in [-0.2, -0.15) is 0 Å². The average Bonchev–Trinajstić information content (AvgIpc) is 2.51. The number of amides is 1. The van der Waals surface area contributed by atoms with Crippen LogP contribution < -0.4 is 14.8 Å². The van der Waals surface area contributed by atoms with Gasteiger partial charge < -0.3 is 19.9 Å². The smallest absolute Gasteiger partial charge is 0.310 e. The number of halogens is 1. The molecule has 1 aromatic rings. The number of rotatable bonds is 9. The molecule has 0 unspecified atom stereocenters. The highest BCUT2D eigenvalue weighted by Gasteiger charge is 2.28. The van der Waals surface area contributed by atoms with E-state index in [-0.39, 0.29) is 17.1 Å². The van der Waals surface area contributed by atoms with Crippen molar-refractivity contribution in [2.24, 2.45) is 5.41 Å². The Morgan fingerprint density at radius 3 is 2.46 bits per heavy atom. The van der Waals surface area contributed by atoms with Crippen LogP contribution in [-0.2, 0) is 4.79 Å². The van der Waals surface area contributed by atoms with Crippen LogP contribution in [0.25, 0.3) is 0 Å². The molecule has 0 saturated heterocycles. The summed E-state index contributed by atoms with van der Waals surface area (Å²) in [6, 6.07) is 3.03.